The molecule has 0 saturated carbocycles. The average molecular weight is 499 g/mol. The smallest absolute Gasteiger partial charge is 0.337 e. The fourth-order valence-electron chi connectivity index (χ4n) is 3.50. The zero-order chi connectivity index (χ0) is 26.9. The first-order valence-electron chi connectivity index (χ1n) is 10.7. The lowest BCUT2D eigenvalue weighted by Crippen LogP contribution is -2.23. The van der Waals surface area contributed by atoms with E-state index in [4.69, 9.17) is 10.5 Å². The summed E-state index contributed by atoms with van der Waals surface area (Å²) < 4.78 is 5.58. The van der Waals surface area contributed by atoms with Gasteiger partial charge in [-0.25, -0.2) is 14.4 Å². The number of carboxylic acid groups (broad SMARTS) is 3. The molecule has 9 nitrogen and oxygen atoms in total. The van der Waals surface area contributed by atoms with Crippen molar-refractivity contribution in [2.45, 2.75) is 0 Å². The van der Waals surface area contributed by atoms with Crippen LogP contribution in [0.1, 0.15) is 41.4 Å². The molecular weight excluding hydrogens is 478 g/mol. The fourth-order valence-corrected chi connectivity index (χ4v) is 3.50. The van der Waals surface area contributed by atoms with Gasteiger partial charge in [-0.15, -0.1) is 0 Å². The predicted molar refractivity (Wildman–Crippen MR) is 134 cm³/mol. The van der Waals surface area contributed by atoms with E-state index in [2.05, 4.69) is 0 Å². The van der Waals surface area contributed by atoms with E-state index in [1.54, 1.807) is 18.2 Å². The molecule has 0 aliphatic rings. The molecule has 0 unspecified atom stereocenters. The molecule has 4 aromatic carbocycles. The number of aromatic carboxylic acids is 3. The molecule has 0 spiro atoms. The summed E-state index contributed by atoms with van der Waals surface area (Å²) in [6.45, 7) is 0. The van der Waals surface area contributed by atoms with Crippen LogP contribution in [0.15, 0.2) is 97.1 Å². The molecule has 0 radical (unpaired) electrons. The Hall–Kier alpha value is -5.44. The van der Waals surface area contributed by atoms with Crippen molar-refractivity contribution < 1.29 is 39.2 Å². The van der Waals surface area contributed by atoms with Crippen LogP contribution in [0.4, 0.5) is 0 Å². The number of hydrogen-bond acceptors (Lipinski definition) is 5. The number of carbonyl (C=O) groups is 4. The van der Waals surface area contributed by atoms with Gasteiger partial charge < -0.3 is 25.8 Å². The van der Waals surface area contributed by atoms with E-state index in [9.17, 15) is 34.5 Å². The first kappa shape index (κ1) is 26.2. The van der Waals surface area contributed by atoms with Gasteiger partial charge in [0.15, 0.2) is 0 Å². The van der Waals surface area contributed by atoms with Crippen molar-refractivity contribution in [3.8, 4) is 22.6 Å². The third-order valence-corrected chi connectivity index (χ3v) is 5.04. The Kier molecular flexibility index (Phi) is 8.35. The molecule has 0 heterocycles. The van der Waals surface area contributed by atoms with E-state index in [-0.39, 0.29) is 5.56 Å². The molecule has 0 aromatic heterocycles. The second kappa shape index (κ2) is 11.8. The first-order chi connectivity index (χ1) is 17.7. The number of carboxylic acids is 3. The highest BCUT2D eigenvalue weighted by atomic mass is 16.5. The van der Waals surface area contributed by atoms with E-state index < -0.39 is 46.1 Å². The Morgan fingerprint density at radius 2 is 1.00 bits per heavy atom. The number of rotatable bonds is 7. The molecule has 4 aromatic rings. The van der Waals surface area contributed by atoms with Gasteiger partial charge >= 0.3 is 17.9 Å². The monoisotopic (exact) mass is 499 g/mol. The number of carbonyl (C=O) groups excluding carboxylic acids is 1. The maximum atomic E-state index is 11.8. The van der Waals surface area contributed by atoms with Crippen LogP contribution < -0.4 is 10.5 Å². The van der Waals surface area contributed by atoms with Crippen molar-refractivity contribution in [1.82, 2.24) is 0 Å². The van der Waals surface area contributed by atoms with Crippen molar-refractivity contribution >= 4 is 23.8 Å². The topological polar surface area (TPSA) is 164 Å². The first-order valence-corrected chi connectivity index (χ1v) is 10.7. The van der Waals surface area contributed by atoms with E-state index in [1.807, 2.05) is 60.7 Å². The number of benzene rings is 4. The molecular formula is C28H21NO8. The summed E-state index contributed by atoms with van der Waals surface area (Å²) >= 11 is 0. The van der Waals surface area contributed by atoms with Crippen molar-refractivity contribution in [2.75, 3.05) is 0 Å². The van der Waals surface area contributed by atoms with E-state index in [0.717, 1.165) is 17.6 Å². The lowest BCUT2D eigenvalue weighted by atomic mass is 9.88. The Bertz CT molecular complexity index is 1400. The number of ether oxygens (including phenoxy) is 1. The standard InChI is InChI=1S/C16H11NO7.C12H10O/c17-13(18)10-8(7-4-2-1-3-5-7)6-9(14(19)20)11(15(21)22)12(10)16(23)24;1-3-7-11(8-4-1)13-12-9-5-2-6-10-12/h1-6H,(H2,17,18)(H,19,20)(H,21,22)(H,23,24);1-10H. The van der Waals surface area contributed by atoms with Crippen LogP contribution in [0.5, 0.6) is 11.5 Å². The van der Waals surface area contributed by atoms with Gasteiger partial charge in [0.05, 0.1) is 22.3 Å². The molecule has 0 aliphatic carbocycles. The van der Waals surface area contributed by atoms with Crippen LogP contribution in [0.3, 0.4) is 0 Å². The molecule has 0 bridgehead atoms. The minimum atomic E-state index is -1.79. The minimum Gasteiger partial charge on any atom is -0.478 e. The van der Waals surface area contributed by atoms with Crippen molar-refractivity contribution in [1.29, 1.82) is 0 Å². The maximum Gasteiger partial charge on any atom is 0.337 e. The van der Waals surface area contributed by atoms with Crippen molar-refractivity contribution in [2.24, 2.45) is 5.73 Å². The third-order valence-electron chi connectivity index (χ3n) is 5.04. The molecule has 186 valence electrons. The van der Waals surface area contributed by atoms with Crippen LogP contribution in [0.25, 0.3) is 11.1 Å². The zero-order valence-electron chi connectivity index (χ0n) is 19.2. The molecule has 37 heavy (non-hydrogen) atoms. The van der Waals surface area contributed by atoms with Crippen molar-refractivity contribution in [3.63, 3.8) is 0 Å². The summed E-state index contributed by atoms with van der Waals surface area (Å²) in [5.41, 5.74) is 2.25. The number of amides is 1. The number of nitrogens with two attached hydrogens (primary N) is 1. The zero-order valence-corrected chi connectivity index (χ0v) is 19.2. The van der Waals surface area contributed by atoms with Crippen LogP contribution >= 0.6 is 0 Å². The van der Waals surface area contributed by atoms with Gasteiger partial charge in [0, 0.05) is 0 Å². The minimum absolute atomic E-state index is 0.0668. The maximum absolute atomic E-state index is 11.8. The normalized spacial score (nSPS) is 9.95. The Morgan fingerprint density at radius 3 is 1.38 bits per heavy atom. The van der Waals surface area contributed by atoms with E-state index >= 15 is 0 Å². The highest BCUT2D eigenvalue weighted by Crippen LogP contribution is 2.31. The molecule has 1 amide bonds. The van der Waals surface area contributed by atoms with Crippen LogP contribution in [0.2, 0.25) is 0 Å². The second-order valence-corrected chi connectivity index (χ2v) is 7.47. The molecule has 9 heteroatoms. The predicted octanol–water partition coefficient (Wildman–Crippen LogP) is 5.03. The van der Waals surface area contributed by atoms with Gasteiger partial charge in [-0.2, -0.15) is 0 Å². The summed E-state index contributed by atoms with van der Waals surface area (Å²) in [7, 11) is 0. The molecule has 0 atom stereocenters. The molecule has 4 rings (SSSR count). The van der Waals surface area contributed by atoms with Gasteiger partial charge in [0.25, 0.3) is 0 Å². The van der Waals surface area contributed by atoms with Gasteiger partial charge in [-0.05, 0) is 41.5 Å². The number of para-hydroxylation sites is 2. The second-order valence-electron chi connectivity index (χ2n) is 7.47. The molecule has 0 saturated heterocycles. The molecule has 5 N–H and O–H groups in total. The Morgan fingerprint density at radius 1 is 0.568 bits per heavy atom. The largest absolute Gasteiger partial charge is 0.478 e. The third kappa shape index (κ3) is 6.37. The summed E-state index contributed by atoms with van der Waals surface area (Å²) in [5, 5.41) is 27.8. The van der Waals surface area contributed by atoms with Crippen LogP contribution in [-0.2, 0) is 0 Å². The SMILES string of the molecule is NC(=O)c1c(-c2ccccc2)cc(C(=O)O)c(C(=O)O)c1C(=O)O.c1ccc(Oc2ccccc2)cc1. The highest BCUT2D eigenvalue weighted by Gasteiger charge is 2.32. The highest BCUT2D eigenvalue weighted by molar-refractivity contribution is 6.17. The number of hydrogen-bond donors (Lipinski definition) is 4. The average Bonchev–Trinajstić information content (AvgIpc) is 2.89. The van der Waals surface area contributed by atoms with Gasteiger partial charge in [0.2, 0.25) is 5.91 Å². The summed E-state index contributed by atoms with van der Waals surface area (Å²) in [5.74, 6) is -4.62. The Balaban J connectivity index is 0.000000244. The van der Waals surface area contributed by atoms with E-state index in [0.29, 0.717) is 5.56 Å². The summed E-state index contributed by atoms with van der Waals surface area (Å²) in [4.78, 5) is 46.1. The van der Waals surface area contributed by atoms with Crippen molar-refractivity contribution in [3.05, 3.63) is 119 Å². The van der Waals surface area contributed by atoms with Crippen LogP contribution in [0, 0.1) is 0 Å². The summed E-state index contributed by atoms with van der Waals surface area (Å²) in [6, 6.07) is 28.3. The summed E-state index contributed by atoms with van der Waals surface area (Å²) in [6.07, 6.45) is 0. The van der Waals surface area contributed by atoms with Gasteiger partial charge in [-0.1, -0.05) is 66.7 Å². The van der Waals surface area contributed by atoms with E-state index in [1.165, 1.54) is 12.1 Å². The van der Waals surface area contributed by atoms with Gasteiger partial charge in [0.1, 0.15) is 11.5 Å². The Labute approximate surface area is 211 Å². The fraction of sp³-hybridized carbons (Fsp3) is 0. The quantitative estimate of drug-likeness (QED) is 0.275. The molecule has 0 aliphatic heterocycles. The lowest BCUT2D eigenvalue weighted by Gasteiger charge is -2.15. The number of primary amides is 1. The van der Waals surface area contributed by atoms with Gasteiger partial charge in [-0.3, -0.25) is 4.79 Å². The van der Waals surface area contributed by atoms with Crippen LogP contribution in [-0.4, -0.2) is 39.1 Å². The molecule has 0 fully saturated rings. The lowest BCUT2D eigenvalue weighted by molar-refractivity contribution is 0.0631.